The molecule has 1 saturated heterocycles. The molecule has 0 amide bonds. The molecule has 0 bridgehead atoms. The molecule has 82 valence electrons. The quantitative estimate of drug-likeness (QED) is 0.525. The molecule has 1 heterocycles. The number of rotatable bonds is 5. The SMILES string of the molecule is CCCCCOC(=O)C1COCCN1. The Balaban J connectivity index is 2.07. The fourth-order valence-corrected chi connectivity index (χ4v) is 1.34. The van der Waals surface area contributed by atoms with Gasteiger partial charge in [-0.1, -0.05) is 19.8 Å². The Morgan fingerprint density at radius 3 is 3.07 bits per heavy atom. The van der Waals surface area contributed by atoms with E-state index in [0.717, 1.165) is 25.8 Å². The van der Waals surface area contributed by atoms with Crippen molar-refractivity contribution in [2.24, 2.45) is 0 Å². The molecule has 0 spiro atoms. The summed E-state index contributed by atoms with van der Waals surface area (Å²) in [4.78, 5) is 11.4. The highest BCUT2D eigenvalue weighted by Crippen LogP contribution is 1.99. The molecule has 4 nitrogen and oxygen atoms in total. The fraction of sp³-hybridized carbons (Fsp3) is 0.900. The zero-order chi connectivity index (χ0) is 10.2. The van der Waals surface area contributed by atoms with Crippen LogP contribution in [0.4, 0.5) is 0 Å². The number of ether oxygens (including phenoxy) is 2. The molecule has 1 aliphatic heterocycles. The first-order valence-electron chi connectivity index (χ1n) is 5.32. The van der Waals surface area contributed by atoms with Crippen molar-refractivity contribution in [3.05, 3.63) is 0 Å². The minimum Gasteiger partial charge on any atom is -0.464 e. The Morgan fingerprint density at radius 2 is 2.43 bits per heavy atom. The number of carbonyl (C=O) groups is 1. The lowest BCUT2D eigenvalue weighted by atomic mass is 10.2. The summed E-state index contributed by atoms with van der Waals surface area (Å²) in [5.74, 6) is -0.180. The van der Waals surface area contributed by atoms with Gasteiger partial charge < -0.3 is 14.8 Å². The molecular weight excluding hydrogens is 182 g/mol. The van der Waals surface area contributed by atoms with Crippen LogP contribution < -0.4 is 5.32 Å². The summed E-state index contributed by atoms with van der Waals surface area (Å²) in [5, 5.41) is 3.06. The monoisotopic (exact) mass is 201 g/mol. The summed E-state index contributed by atoms with van der Waals surface area (Å²) in [5.41, 5.74) is 0. The van der Waals surface area contributed by atoms with Crippen LogP contribution in [-0.2, 0) is 14.3 Å². The van der Waals surface area contributed by atoms with Gasteiger partial charge in [0.05, 0.1) is 19.8 Å². The molecule has 1 aliphatic rings. The summed E-state index contributed by atoms with van der Waals surface area (Å²) in [6.07, 6.45) is 3.21. The third-order valence-corrected chi connectivity index (χ3v) is 2.20. The number of hydrogen-bond acceptors (Lipinski definition) is 4. The second-order valence-electron chi connectivity index (χ2n) is 3.46. The molecular formula is C10H19NO3. The van der Waals surface area contributed by atoms with Crippen LogP contribution in [-0.4, -0.2) is 38.4 Å². The van der Waals surface area contributed by atoms with Gasteiger partial charge in [-0.3, -0.25) is 4.79 Å². The van der Waals surface area contributed by atoms with Gasteiger partial charge in [0.1, 0.15) is 6.04 Å². The van der Waals surface area contributed by atoms with Gasteiger partial charge in [-0.05, 0) is 6.42 Å². The van der Waals surface area contributed by atoms with E-state index in [1.54, 1.807) is 0 Å². The Labute approximate surface area is 85.0 Å². The zero-order valence-electron chi connectivity index (χ0n) is 8.75. The van der Waals surface area contributed by atoms with Gasteiger partial charge in [-0.25, -0.2) is 0 Å². The van der Waals surface area contributed by atoms with Gasteiger partial charge in [0.2, 0.25) is 0 Å². The van der Waals surface area contributed by atoms with Gasteiger partial charge in [-0.15, -0.1) is 0 Å². The normalized spacial score (nSPS) is 21.9. The van der Waals surface area contributed by atoms with E-state index in [1.165, 1.54) is 0 Å². The van der Waals surface area contributed by atoms with Crippen LogP contribution in [0.5, 0.6) is 0 Å². The second-order valence-corrected chi connectivity index (χ2v) is 3.46. The molecule has 1 fully saturated rings. The summed E-state index contributed by atoms with van der Waals surface area (Å²) in [6, 6.07) is -0.259. The van der Waals surface area contributed by atoms with Crippen LogP contribution in [0, 0.1) is 0 Å². The number of unbranched alkanes of at least 4 members (excludes halogenated alkanes) is 2. The van der Waals surface area contributed by atoms with Gasteiger partial charge in [0, 0.05) is 6.54 Å². The molecule has 0 aliphatic carbocycles. The zero-order valence-corrected chi connectivity index (χ0v) is 8.75. The highest BCUT2D eigenvalue weighted by molar-refractivity contribution is 5.76. The molecule has 0 aromatic heterocycles. The topological polar surface area (TPSA) is 47.6 Å². The van der Waals surface area contributed by atoms with Gasteiger partial charge in [0.15, 0.2) is 0 Å². The Kier molecular flexibility index (Phi) is 5.56. The molecule has 14 heavy (non-hydrogen) atoms. The predicted molar refractivity (Wildman–Crippen MR) is 53.1 cm³/mol. The third-order valence-electron chi connectivity index (χ3n) is 2.20. The molecule has 1 N–H and O–H groups in total. The maximum atomic E-state index is 11.4. The minimum atomic E-state index is -0.259. The summed E-state index contributed by atoms with van der Waals surface area (Å²) < 4.78 is 10.3. The van der Waals surface area contributed by atoms with Crippen molar-refractivity contribution >= 4 is 5.97 Å². The summed E-state index contributed by atoms with van der Waals surface area (Å²) in [7, 11) is 0. The number of hydrogen-bond donors (Lipinski definition) is 1. The van der Waals surface area contributed by atoms with Crippen molar-refractivity contribution in [2.45, 2.75) is 32.2 Å². The third kappa shape index (κ3) is 4.07. The van der Waals surface area contributed by atoms with Crippen molar-refractivity contribution in [1.82, 2.24) is 5.32 Å². The maximum absolute atomic E-state index is 11.4. The smallest absolute Gasteiger partial charge is 0.325 e. The Morgan fingerprint density at radius 1 is 1.57 bits per heavy atom. The number of morpholine rings is 1. The van der Waals surface area contributed by atoms with E-state index in [9.17, 15) is 4.79 Å². The number of esters is 1. The van der Waals surface area contributed by atoms with Gasteiger partial charge >= 0.3 is 5.97 Å². The average molecular weight is 201 g/mol. The molecule has 4 heteroatoms. The molecule has 0 aromatic carbocycles. The van der Waals surface area contributed by atoms with Crippen LogP contribution in [0.3, 0.4) is 0 Å². The van der Waals surface area contributed by atoms with Crippen LogP contribution in [0.1, 0.15) is 26.2 Å². The predicted octanol–water partition coefficient (Wildman–Crippen LogP) is 0.708. The first-order valence-corrected chi connectivity index (χ1v) is 5.32. The van der Waals surface area contributed by atoms with Gasteiger partial charge in [-0.2, -0.15) is 0 Å². The van der Waals surface area contributed by atoms with Crippen molar-refractivity contribution in [1.29, 1.82) is 0 Å². The fourth-order valence-electron chi connectivity index (χ4n) is 1.34. The average Bonchev–Trinajstić information content (AvgIpc) is 2.25. The summed E-state index contributed by atoms with van der Waals surface area (Å²) >= 11 is 0. The van der Waals surface area contributed by atoms with E-state index in [1.807, 2.05) is 0 Å². The minimum absolute atomic E-state index is 0.180. The lowest BCUT2D eigenvalue weighted by Crippen LogP contribution is -2.47. The second kappa shape index (κ2) is 6.79. The molecule has 1 unspecified atom stereocenters. The lowest BCUT2D eigenvalue weighted by molar-refractivity contribution is -0.149. The van der Waals surface area contributed by atoms with E-state index in [2.05, 4.69) is 12.2 Å². The maximum Gasteiger partial charge on any atom is 0.325 e. The van der Waals surface area contributed by atoms with Crippen LogP contribution in [0.2, 0.25) is 0 Å². The number of nitrogens with one attached hydrogen (secondary N) is 1. The van der Waals surface area contributed by atoms with E-state index >= 15 is 0 Å². The van der Waals surface area contributed by atoms with Crippen LogP contribution in [0.25, 0.3) is 0 Å². The van der Waals surface area contributed by atoms with Crippen molar-refractivity contribution in [3.8, 4) is 0 Å². The van der Waals surface area contributed by atoms with Crippen molar-refractivity contribution in [3.63, 3.8) is 0 Å². The molecule has 1 rings (SSSR count). The largest absolute Gasteiger partial charge is 0.464 e. The van der Waals surface area contributed by atoms with E-state index < -0.39 is 0 Å². The standard InChI is InChI=1S/C10H19NO3/c1-2-3-4-6-14-10(12)9-8-13-7-5-11-9/h9,11H,2-8H2,1H3. The Bertz CT molecular complexity index is 167. The Hall–Kier alpha value is -0.610. The highest BCUT2D eigenvalue weighted by Gasteiger charge is 2.22. The first kappa shape index (κ1) is 11.5. The summed E-state index contributed by atoms with van der Waals surface area (Å²) in [6.45, 7) is 4.50. The van der Waals surface area contributed by atoms with Crippen molar-refractivity contribution in [2.75, 3.05) is 26.4 Å². The first-order chi connectivity index (χ1) is 6.84. The number of carbonyl (C=O) groups excluding carboxylic acids is 1. The highest BCUT2D eigenvalue weighted by atomic mass is 16.5. The molecule has 1 atom stereocenters. The van der Waals surface area contributed by atoms with Crippen LogP contribution >= 0.6 is 0 Å². The van der Waals surface area contributed by atoms with E-state index in [4.69, 9.17) is 9.47 Å². The van der Waals surface area contributed by atoms with Gasteiger partial charge in [0.25, 0.3) is 0 Å². The molecule has 0 radical (unpaired) electrons. The van der Waals surface area contributed by atoms with Crippen LogP contribution in [0.15, 0.2) is 0 Å². The molecule has 0 saturated carbocycles. The lowest BCUT2D eigenvalue weighted by Gasteiger charge is -2.22. The molecule has 0 aromatic rings. The van der Waals surface area contributed by atoms with Crippen molar-refractivity contribution < 1.29 is 14.3 Å². The van der Waals surface area contributed by atoms with E-state index in [0.29, 0.717) is 19.8 Å². The van der Waals surface area contributed by atoms with E-state index in [-0.39, 0.29) is 12.0 Å².